The largest absolute Gasteiger partial charge is 0.310 e. The Morgan fingerprint density at radius 2 is 2.07 bits per heavy atom. The van der Waals surface area contributed by atoms with Crippen LogP contribution in [-0.2, 0) is 0 Å². The number of hydrogen-bond acceptors (Lipinski definition) is 1. The Labute approximate surface area is 90.7 Å². The quantitative estimate of drug-likeness (QED) is 0.745. The van der Waals surface area contributed by atoms with Crippen LogP contribution in [0.2, 0.25) is 0 Å². The zero-order chi connectivity index (χ0) is 10.8. The highest BCUT2D eigenvalue weighted by Crippen LogP contribution is 2.25. The van der Waals surface area contributed by atoms with Crippen molar-refractivity contribution >= 4 is 0 Å². The van der Waals surface area contributed by atoms with Crippen molar-refractivity contribution in [3.8, 4) is 0 Å². The molecule has 1 atom stereocenters. The number of hydrogen-bond donors (Lipinski definition) is 1. The van der Waals surface area contributed by atoms with Crippen LogP contribution in [0.1, 0.15) is 42.0 Å². The van der Waals surface area contributed by atoms with Crippen molar-refractivity contribution in [1.82, 2.24) is 5.32 Å². The maximum absolute atomic E-state index is 13.6. The molecule has 2 rings (SSSR count). The van der Waals surface area contributed by atoms with Crippen molar-refractivity contribution in [3.63, 3.8) is 0 Å². The average Bonchev–Trinajstić information content (AvgIpc) is 2.26. The van der Waals surface area contributed by atoms with Gasteiger partial charge in [-0.3, -0.25) is 0 Å². The number of nitrogens with one attached hydrogen (secondary N) is 1. The second-order valence-corrected chi connectivity index (χ2v) is 4.45. The molecule has 0 aromatic heterocycles. The predicted octanol–water partition coefficient (Wildman–Crippen LogP) is 3.26. The summed E-state index contributed by atoms with van der Waals surface area (Å²) in [7, 11) is 0. The first-order valence-corrected chi connectivity index (χ1v) is 5.68. The van der Waals surface area contributed by atoms with Crippen LogP contribution in [0.3, 0.4) is 0 Å². The van der Waals surface area contributed by atoms with Gasteiger partial charge in [-0.05, 0) is 56.0 Å². The molecule has 1 nitrogen and oxygen atoms in total. The Morgan fingerprint density at radius 1 is 1.27 bits per heavy atom. The van der Waals surface area contributed by atoms with Gasteiger partial charge in [0.05, 0.1) is 0 Å². The molecule has 1 aliphatic rings. The van der Waals surface area contributed by atoms with Gasteiger partial charge in [0.25, 0.3) is 0 Å². The van der Waals surface area contributed by atoms with Crippen LogP contribution in [0.25, 0.3) is 0 Å². The minimum Gasteiger partial charge on any atom is -0.310 e. The lowest BCUT2D eigenvalue weighted by Crippen LogP contribution is -2.26. The van der Waals surface area contributed by atoms with Gasteiger partial charge in [0, 0.05) is 6.04 Å². The van der Waals surface area contributed by atoms with Crippen molar-refractivity contribution in [2.75, 3.05) is 6.54 Å². The summed E-state index contributed by atoms with van der Waals surface area (Å²) in [6, 6.07) is 4.15. The van der Waals surface area contributed by atoms with E-state index >= 15 is 0 Å². The molecule has 1 saturated heterocycles. The molecule has 0 radical (unpaired) electrons. The summed E-state index contributed by atoms with van der Waals surface area (Å²) in [5.41, 5.74) is 2.93. The van der Waals surface area contributed by atoms with E-state index in [1.54, 1.807) is 6.07 Å². The van der Waals surface area contributed by atoms with Gasteiger partial charge in [-0.2, -0.15) is 0 Å². The Balaban J connectivity index is 2.27. The third-order valence-corrected chi connectivity index (χ3v) is 3.34. The zero-order valence-electron chi connectivity index (χ0n) is 9.44. The molecule has 1 aromatic rings. The molecule has 1 aromatic carbocycles. The second kappa shape index (κ2) is 4.31. The molecule has 0 aliphatic carbocycles. The summed E-state index contributed by atoms with van der Waals surface area (Å²) in [6.07, 6.45) is 3.61. The van der Waals surface area contributed by atoms with Crippen LogP contribution >= 0.6 is 0 Å². The monoisotopic (exact) mass is 207 g/mol. The van der Waals surface area contributed by atoms with Crippen LogP contribution in [0.4, 0.5) is 4.39 Å². The van der Waals surface area contributed by atoms with Crippen molar-refractivity contribution in [2.24, 2.45) is 0 Å². The minimum absolute atomic E-state index is 0.0719. The Morgan fingerprint density at radius 3 is 2.67 bits per heavy atom. The molecular weight excluding hydrogens is 189 g/mol. The summed E-state index contributed by atoms with van der Waals surface area (Å²) in [6.45, 7) is 4.87. The average molecular weight is 207 g/mol. The molecule has 1 unspecified atom stereocenters. The highest BCUT2D eigenvalue weighted by molar-refractivity contribution is 5.33. The van der Waals surface area contributed by atoms with Crippen molar-refractivity contribution in [2.45, 2.75) is 39.2 Å². The van der Waals surface area contributed by atoms with Crippen LogP contribution < -0.4 is 5.32 Å². The van der Waals surface area contributed by atoms with E-state index in [1.165, 1.54) is 12.8 Å². The first-order valence-electron chi connectivity index (χ1n) is 5.68. The highest BCUT2D eigenvalue weighted by atomic mass is 19.1. The number of aryl methyl sites for hydroxylation is 1. The van der Waals surface area contributed by atoms with Crippen LogP contribution in [0.15, 0.2) is 12.1 Å². The minimum atomic E-state index is -0.0719. The standard InChI is InChI=1S/C13H18FN/c1-9-7-11(8-12(14)10(9)2)13-5-3-4-6-15-13/h7-8,13,15H,3-6H2,1-2H3. The molecule has 1 aliphatic heterocycles. The SMILES string of the molecule is Cc1cc(C2CCCCN2)cc(F)c1C. The molecule has 15 heavy (non-hydrogen) atoms. The Bertz CT molecular complexity index is 331. The summed E-state index contributed by atoms with van der Waals surface area (Å²) >= 11 is 0. The summed E-state index contributed by atoms with van der Waals surface area (Å²) < 4.78 is 13.6. The topological polar surface area (TPSA) is 12.0 Å². The van der Waals surface area contributed by atoms with E-state index < -0.39 is 0 Å². The van der Waals surface area contributed by atoms with E-state index in [4.69, 9.17) is 0 Å². The van der Waals surface area contributed by atoms with E-state index in [-0.39, 0.29) is 5.82 Å². The zero-order valence-corrected chi connectivity index (χ0v) is 9.44. The predicted molar refractivity (Wildman–Crippen MR) is 60.5 cm³/mol. The first kappa shape index (κ1) is 10.6. The van der Waals surface area contributed by atoms with E-state index in [2.05, 4.69) is 11.4 Å². The normalized spacial score (nSPS) is 21.7. The van der Waals surface area contributed by atoms with Crippen molar-refractivity contribution in [3.05, 3.63) is 34.6 Å². The molecule has 82 valence electrons. The van der Waals surface area contributed by atoms with Gasteiger partial charge >= 0.3 is 0 Å². The Hall–Kier alpha value is -0.890. The van der Waals surface area contributed by atoms with Crippen molar-refractivity contribution < 1.29 is 4.39 Å². The molecule has 1 heterocycles. The molecular formula is C13H18FN. The van der Waals surface area contributed by atoms with Gasteiger partial charge in [0.2, 0.25) is 0 Å². The number of halogens is 1. The van der Waals surface area contributed by atoms with E-state index in [0.717, 1.165) is 29.7 Å². The van der Waals surface area contributed by atoms with Gasteiger partial charge in [-0.25, -0.2) is 4.39 Å². The van der Waals surface area contributed by atoms with Gasteiger partial charge in [0.15, 0.2) is 0 Å². The highest BCUT2D eigenvalue weighted by Gasteiger charge is 2.16. The van der Waals surface area contributed by atoms with Crippen LogP contribution in [-0.4, -0.2) is 6.54 Å². The lowest BCUT2D eigenvalue weighted by atomic mass is 9.94. The fourth-order valence-electron chi connectivity index (χ4n) is 2.18. The van der Waals surface area contributed by atoms with Gasteiger partial charge < -0.3 is 5.32 Å². The number of rotatable bonds is 1. The molecule has 0 bridgehead atoms. The van der Waals surface area contributed by atoms with Crippen LogP contribution in [0.5, 0.6) is 0 Å². The Kier molecular flexibility index (Phi) is 3.06. The molecule has 1 N–H and O–H groups in total. The number of piperidine rings is 1. The lowest BCUT2D eigenvalue weighted by molar-refractivity contribution is 0.410. The van der Waals surface area contributed by atoms with E-state index in [1.807, 2.05) is 13.8 Å². The van der Waals surface area contributed by atoms with Crippen LogP contribution in [0, 0.1) is 19.7 Å². The molecule has 0 amide bonds. The maximum atomic E-state index is 13.6. The fourth-order valence-corrected chi connectivity index (χ4v) is 2.18. The molecule has 0 saturated carbocycles. The van der Waals surface area contributed by atoms with E-state index in [9.17, 15) is 4.39 Å². The van der Waals surface area contributed by atoms with Crippen molar-refractivity contribution in [1.29, 1.82) is 0 Å². The summed E-state index contributed by atoms with van der Waals surface area (Å²) in [5, 5.41) is 3.44. The second-order valence-electron chi connectivity index (χ2n) is 4.45. The molecule has 1 fully saturated rings. The summed E-state index contributed by atoms with van der Waals surface area (Å²) in [5.74, 6) is -0.0719. The molecule has 0 spiro atoms. The summed E-state index contributed by atoms with van der Waals surface area (Å²) in [4.78, 5) is 0. The maximum Gasteiger partial charge on any atom is 0.126 e. The third kappa shape index (κ3) is 2.20. The fraction of sp³-hybridized carbons (Fsp3) is 0.538. The van der Waals surface area contributed by atoms with E-state index in [0.29, 0.717) is 6.04 Å². The van der Waals surface area contributed by atoms with Gasteiger partial charge in [-0.15, -0.1) is 0 Å². The third-order valence-electron chi connectivity index (χ3n) is 3.34. The molecule has 2 heteroatoms. The van der Waals surface area contributed by atoms with Gasteiger partial charge in [0.1, 0.15) is 5.82 Å². The number of benzene rings is 1. The van der Waals surface area contributed by atoms with Gasteiger partial charge in [-0.1, -0.05) is 12.5 Å². The smallest absolute Gasteiger partial charge is 0.126 e. The first-order chi connectivity index (χ1) is 7.18. The lowest BCUT2D eigenvalue weighted by Gasteiger charge is -2.24.